The van der Waals surface area contributed by atoms with Crippen LogP contribution in [0.2, 0.25) is 0 Å². The maximum Gasteiger partial charge on any atom is 0.222 e. The lowest BCUT2D eigenvalue weighted by Crippen LogP contribution is -2.49. The number of halogens is 2. The second kappa shape index (κ2) is 11.5. The van der Waals surface area contributed by atoms with Crippen LogP contribution in [0.15, 0.2) is 6.07 Å². The monoisotopic (exact) mass is 391 g/mol. The van der Waals surface area contributed by atoms with Crippen molar-refractivity contribution < 1.29 is 4.79 Å². The van der Waals surface area contributed by atoms with Gasteiger partial charge < -0.3 is 15.1 Å². The van der Waals surface area contributed by atoms with Gasteiger partial charge in [0.05, 0.1) is 0 Å². The summed E-state index contributed by atoms with van der Waals surface area (Å²) in [6.45, 7) is 10.4. The molecule has 1 amide bonds. The highest BCUT2D eigenvalue weighted by Crippen LogP contribution is 2.19. The number of carbonyl (C=O) groups excluding carboxylic acids is 1. The summed E-state index contributed by atoms with van der Waals surface area (Å²) in [5.41, 5.74) is 1.00. The summed E-state index contributed by atoms with van der Waals surface area (Å²) >= 11 is 0. The van der Waals surface area contributed by atoms with Gasteiger partial charge in [-0.15, -0.1) is 24.8 Å². The van der Waals surface area contributed by atoms with Crippen molar-refractivity contribution in [1.82, 2.24) is 20.2 Å². The van der Waals surface area contributed by atoms with Crippen molar-refractivity contribution in [2.75, 3.05) is 44.7 Å². The van der Waals surface area contributed by atoms with E-state index in [0.29, 0.717) is 12.3 Å². The molecule has 2 heterocycles. The molecule has 0 atom stereocenters. The molecule has 1 aliphatic heterocycles. The fourth-order valence-corrected chi connectivity index (χ4v) is 2.75. The first-order chi connectivity index (χ1) is 11.0. The Morgan fingerprint density at radius 1 is 1.20 bits per heavy atom. The van der Waals surface area contributed by atoms with Gasteiger partial charge in [-0.1, -0.05) is 13.8 Å². The Labute approximate surface area is 163 Å². The normalized spacial score (nSPS) is 14.1. The third kappa shape index (κ3) is 6.96. The molecular weight excluding hydrogens is 361 g/mol. The molecule has 1 N–H and O–H groups in total. The van der Waals surface area contributed by atoms with Crippen LogP contribution in [0.25, 0.3) is 0 Å². The minimum atomic E-state index is 0. The number of nitrogens with one attached hydrogen (secondary N) is 1. The molecule has 0 aromatic carbocycles. The van der Waals surface area contributed by atoms with Crippen LogP contribution in [0.1, 0.15) is 44.1 Å². The van der Waals surface area contributed by atoms with E-state index in [0.717, 1.165) is 56.5 Å². The lowest BCUT2D eigenvalue weighted by Gasteiger charge is -2.35. The van der Waals surface area contributed by atoms with Gasteiger partial charge in [0.2, 0.25) is 5.91 Å². The zero-order chi connectivity index (χ0) is 16.8. The maximum atomic E-state index is 12.2. The van der Waals surface area contributed by atoms with Crippen LogP contribution in [-0.4, -0.2) is 60.5 Å². The number of piperazine rings is 1. The molecule has 0 spiro atoms. The predicted octanol–water partition coefficient (Wildman–Crippen LogP) is 2.40. The van der Waals surface area contributed by atoms with Crippen molar-refractivity contribution in [3.05, 3.63) is 17.6 Å². The fraction of sp³-hybridized carbons (Fsp3) is 0.706. The van der Waals surface area contributed by atoms with Gasteiger partial charge in [0.25, 0.3) is 0 Å². The molecule has 8 heteroatoms. The summed E-state index contributed by atoms with van der Waals surface area (Å²) in [6.07, 6.45) is 1.53. The summed E-state index contributed by atoms with van der Waals surface area (Å²) in [7, 11) is 1.92. The summed E-state index contributed by atoms with van der Waals surface area (Å²) in [6, 6.07) is 2.04. The van der Waals surface area contributed by atoms with Crippen molar-refractivity contribution in [2.45, 2.75) is 39.5 Å². The van der Waals surface area contributed by atoms with Crippen molar-refractivity contribution in [2.24, 2.45) is 0 Å². The SMILES string of the molecule is CNCCCC(=O)N1CCN(c2cc(C)nc(C(C)C)n2)CC1.Cl.Cl. The van der Waals surface area contributed by atoms with Gasteiger partial charge in [-0.25, -0.2) is 9.97 Å². The Kier molecular flexibility index (Phi) is 11.0. The first-order valence-electron chi connectivity index (χ1n) is 8.54. The van der Waals surface area contributed by atoms with Gasteiger partial charge in [-0.2, -0.15) is 0 Å². The lowest BCUT2D eigenvalue weighted by molar-refractivity contribution is -0.131. The number of hydrogen-bond donors (Lipinski definition) is 1. The molecule has 0 aliphatic carbocycles. The topological polar surface area (TPSA) is 61.4 Å². The molecule has 1 aliphatic rings. The Morgan fingerprint density at radius 3 is 2.40 bits per heavy atom. The molecular formula is C17H31Cl2N5O. The molecule has 1 fully saturated rings. The van der Waals surface area contributed by atoms with E-state index in [1.807, 2.05) is 24.9 Å². The average Bonchev–Trinajstić information content (AvgIpc) is 2.54. The van der Waals surface area contributed by atoms with Gasteiger partial charge in [0, 0.05) is 50.3 Å². The van der Waals surface area contributed by atoms with Crippen molar-refractivity contribution in [1.29, 1.82) is 0 Å². The second-order valence-corrected chi connectivity index (χ2v) is 6.46. The van der Waals surface area contributed by atoms with Gasteiger partial charge in [0.15, 0.2) is 0 Å². The largest absolute Gasteiger partial charge is 0.353 e. The minimum absolute atomic E-state index is 0. The molecule has 2 rings (SSSR count). The zero-order valence-corrected chi connectivity index (χ0v) is 17.3. The number of hydrogen-bond acceptors (Lipinski definition) is 5. The van der Waals surface area contributed by atoms with Crippen LogP contribution in [0.3, 0.4) is 0 Å². The molecule has 0 unspecified atom stereocenters. The van der Waals surface area contributed by atoms with Crippen molar-refractivity contribution in [3.8, 4) is 0 Å². The Morgan fingerprint density at radius 2 is 1.84 bits per heavy atom. The lowest BCUT2D eigenvalue weighted by atomic mass is 10.2. The van der Waals surface area contributed by atoms with E-state index in [4.69, 9.17) is 4.98 Å². The maximum absolute atomic E-state index is 12.2. The van der Waals surface area contributed by atoms with Crippen LogP contribution < -0.4 is 10.2 Å². The quantitative estimate of drug-likeness (QED) is 0.754. The van der Waals surface area contributed by atoms with Crippen LogP contribution >= 0.6 is 24.8 Å². The van der Waals surface area contributed by atoms with Gasteiger partial charge >= 0.3 is 0 Å². The van der Waals surface area contributed by atoms with E-state index < -0.39 is 0 Å². The Balaban J connectivity index is 0.00000288. The van der Waals surface area contributed by atoms with Crippen LogP contribution in [0.5, 0.6) is 0 Å². The zero-order valence-electron chi connectivity index (χ0n) is 15.6. The molecule has 25 heavy (non-hydrogen) atoms. The van der Waals surface area contributed by atoms with E-state index in [9.17, 15) is 4.79 Å². The van der Waals surface area contributed by atoms with Crippen molar-refractivity contribution in [3.63, 3.8) is 0 Å². The molecule has 0 radical (unpaired) electrons. The third-order valence-corrected chi connectivity index (χ3v) is 4.15. The number of anilines is 1. The number of amides is 1. The highest BCUT2D eigenvalue weighted by atomic mass is 35.5. The van der Waals surface area contributed by atoms with E-state index in [2.05, 4.69) is 29.0 Å². The third-order valence-electron chi connectivity index (χ3n) is 4.15. The average molecular weight is 392 g/mol. The second-order valence-electron chi connectivity index (χ2n) is 6.46. The molecule has 1 saturated heterocycles. The first kappa shape index (κ1) is 23.9. The van der Waals surface area contributed by atoms with E-state index in [1.54, 1.807) is 0 Å². The standard InChI is InChI=1S/C17H29N5O.2ClH/c1-13(2)17-19-14(3)12-15(20-17)21-8-10-22(11-9-21)16(23)6-5-7-18-4;;/h12-13,18H,5-11H2,1-4H3;2*1H. The molecule has 1 aromatic rings. The molecule has 1 aromatic heterocycles. The molecule has 0 bridgehead atoms. The summed E-state index contributed by atoms with van der Waals surface area (Å²) < 4.78 is 0. The molecule has 144 valence electrons. The Hall–Kier alpha value is -1.11. The Bertz CT molecular complexity index is 534. The van der Waals surface area contributed by atoms with E-state index >= 15 is 0 Å². The van der Waals surface area contributed by atoms with Crippen molar-refractivity contribution >= 4 is 36.5 Å². The molecule has 6 nitrogen and oxygen atoms in total. The number of rotatable bonds is 6. The van der Waals surface area contributed by atoms with Crippen LogP contribution in [0.4, 0.5) is 5.82 Å². The van der Waals surface area contributed by atoms with Crippen LogP contribution in [-0.2, 0) is 4.79 Å². The van der Waals surface area contributed by atoms with Crippen LogP contribution in [0, 0.1) is 6.92 Å². The van der Waals surface area contributed by atoms with E-state index in [1.165, 1.54) is 0 Å². The number of carbonyl (C=O) groups is 1. The van der Waals surface area contributed by atoms with Gasteiger partial charge in [0.1, 0.15) is 11.6 Å². The highest BCUT2D eigenvalue weighted by molar-refractivity contribution is 5.85. The predicted molar refractivity (Wildman–Crippen MR) is 107 cm³/mol. The number of aromatic nitrogens is 2. The fourth-order valence-electron chi connectivity index (χ4n) is 2.75. The summed E-state index contributed by atoms with van der Waals surface area (Å²) in [5, 5.41) is 3.08. The molecule has 0 saturated carbocycles. The van der Waals surface area contributed by atoms with E-state index in [-0.39, 0.29) is 30.7 Å². The summed E-state index contributed by atoms with van der Waals surface area (Å²) in [4.78, 5) is 25.6. The summed E-state index contributed by atoms with van der Waals surface area (Å²) in [5.74, 6) is 2.47. The first-order valence-corrected chi connectivity index (χ1v) is 8.54. The highest BCUT2D eigenvalue weighted by Gasteiger charge is 2.22. The number of aryl methyl sites for hydroxylation is 1. The van der Waals surface area contributed by atoms with Gasteiger partial charge in [-0.3, -0.25) is 4.79 Å². The smallest absolute Gasteiger partial charge is 0.222 e. The van der Waals surface area contributed by atoms with Gasteiger partial charge in [-0.05, 0) is 26.9 Å². The minimum Gasteiger partial charge on any atom is -0.353 e. The number of nitrogens with zero attached hydrogens (tertiary/aromatic N) is 4.